The Hall–Kier alpha value is -0.860. The Morgan fingerprint density at radius 1 is 1.11 bits per heavy atom. The van der Waals surface area contributed by atoms with E-state index in [0.717, 1.165) is 25.9 Å². The summed E-state index contributed by atoms with van der Waals surface area (Å²) in [5.41, 5.74) is -0.301. The minimum atomic E-state index is -0.301. The van der Waals surface area contributed by atoms with Crippen LogP contribution in [0, 0.1) is 17.3 Å². The maximum absolute atomic E-state index is 12.2. The number of hydrogen-bond acceptors (Lipinski definition) is 2. The van der Waals surface area contributed by atoms with Crippen LogP contribution in [0.4, 0.5) is 0 Å². The molecule has 1 amide bonds. The third-order valence-electron chi connectivity index (χ3n) is 4.00. The molecule has 2 atom stereocenters. The zero-order valence-corrected chi connectivity index (χ0v) is 12.5. The van der Waals surface area contributed by atoms with Crippen molar-refractivity contribution < 1.29 is 9.59 Å². The van der Waals surface area contributed by atoms with Crippen LogP contribution in [0.5, 0.6) is 0 Å². The van der Waals surface area contributed by atoms with E-state index in [1.807, 2.05) is 39.5 Å². The Morgan fingerprint density at radius 3 is 2.06 bits per heavy atom. The normalized spacial score (nSPS) is 19.7. The Kier molecular flexibility index (Phi) is 4.94. The molecule has 0 saturated carbocycles. The van der Waals surface area contributed by atoms with Gasteiger partial charge in [-0.25, -0.2) is 0 Å². The van der Waals surface area contributed by atoms with Crippen LogP contribution in [-0.4, -0.2) is 29.7 Å². The van der Waals surface area contributed by atoms with E-state index in [1.165, 1.54) is 0 Å². The molecule has 1 rings (SSSR count). The van der Waals surface area contributed by atoms with Crippen LogP contribution < -0.4 is 0 Å². The fourth-order valence-corrected chi connectivity index (χ4v) is 2.24. The average Bonchev–Trinajstić information content (AvgIpc) is 2.78. The minimum Gasteiger partial charge on any atom is -0.342 e. The van der Waals surface area contributed by atoms with Crippen LogP contribution in [0.3, 0.4) is 0 Å². The molecule has 0 aliphatic carbocycles. The number of carbonyl (C=O) groups excluding carboxylic acids is 2. The zero-order valence-electron chi connectivity index (χ0n) is 12.5. The SMILES string of the molecule is CC(CC(=O)C(C)(C)C)C(C)C(=O)N1CCCC1. The van der Waals surface area contributed by atoms with E-state index in [0.29, 0.717) is 6.42 Å². The van der Waals surface area contributed by atoms with Crippen molar-refractivity contribution in [3.8, 4) is 0 Å². The lowest BCUT2D eigenvalue weighted by molar-refractivity contribution is -0.136. The van der Waals surface area contributed by atoms with Gasteiger partial charge in [0, 0.05) is 30.8 Å². The van der Waals surface area contributed by atoms with E-state index in [-0.39, 0.29) is 28.9 Å². The summed E-state index contributed by atoms with van der Waals surface area (Å²) in [5, 5.41) is 0. The predicted octanol–water partition coefficient (Wildman–Crippen LogP) is 2.89. The van der Waals surface area contributed by atoms with Gasteiger partial charge >= 0.3 is 0 Å². The number of nitrogens with zero attached hydrogens (tertiary/aromatic N) is 1. The number of likely N-dealkylation sites (tertiary alicyclic amines) is 1. The van der Waals surface area contributed by atoms with Crippen LogP contribution in [0.25, 0.3) is 0 Å². The molecule has 3 nitrogen and oxygen atoms in total. The highest BCUT2D eigenvalue weighted by Crippen LogP contribution is 2.25. The quantitative estimate of drug-likeness (QED) is 0.772. The highest BCUT2D eigenvalue weighted by atomic mass is 16.2. The van der Waals surface area contributed by atoms with E-state index in [4.69, 9.17) is 0 Å². The van der Waals surface area contributed by atoms with Gasteiger partial charge in [0.15, 0.2) is 0 Å². The molecular formula is C15H27NO2. The van der Waals surface area contributed by atoms with Crippen molar-refractivity contribution >= 4 is 11.7 Å². The average molecular weight is 253 g/mol. The molecule has 0 bridgehead atoms. The lowest BCUT2D eigenvalue weighted by atomic mass is 9.81. The van der Waals surface area contributed by atoms with Crippen molar-refractivity contribution in [2.45, 2.75) is 53.9 Å². The molecule has 1 saturated heterocycles. The first kappa shape index (κ1) is 15.2. The molecule has 0 aromatic carbocycles. The fraction of sp³-hybridized carbons (Fsp3) is 0.867. The van der Waals surface area contributed by atoms with Gasteiger partial charge in [0.05, 0.1) is 0 Å². The van der Waals surface area contributed by atoms with Crippen molar-refractivity contribution in [2.75, 3.05) is 13.1 Å². The Morgan fingerprint density at radius 2 is 1.61 bits per heavy atom. The standard InChI is InChI=1S/C15H27NO2/c1-11(10-13(17)15(3,4)5)12(2)14(18)16-8-6-7-9-16/h11-12H,6-10H2,1-5H3. The number of ketones is 1. The second kappa shape index (κ2) is 5.85. The smallest absolute Gasteiger partial charge is 0.225 e. The van der Waals surface area contributed by atoms with Crippen LogP contribution in [0.1, 0.15) is 53.9 Å². The largest absolute Gasteiger partial charge is 0.342 e. The van der Waals surface area contributed by atoms with E-state index in [9.17, 15) is 9.59 Å². The lowest BCUT2D eigenvalue weighted by Crippen LogP contribution is -2.36. The summed E-state index contributed by atoms with van der Waals surface area (Å²) in [5.74, 6) is 0.553. The molecule has 0 spiro atoms. The number of Topliss-reactive ketones (excluding diaryl/α,β-unsaturated/α-hetero) is 1. The third kappa shape index (κ3) is 3.82. The first-order valence-corrected chi connectivity index (χ1v) is 7.05. The van der Waals surface area contributed by atoms with Gasteiger partial charge in [0.25, 0.3) is 0 Å². The fourth-order valence-electron chi connectivity index (χ4n) is 2.24. The Labute approximate surface area is 111 Å². The van der Waals surface area contributed by atoms with Crippen molar-refractivity contribution in [1.29, 1.82) is 0 Å². The molecule has 0 N–H and O–H groups in total. The van der Waals surface area contributed by atoms with E-state index >= 15 is 0 Å². The molecule has 2 unspecified atom stereocenters. The molecule has 104 valence electrons. The second-order valence-corrected chi connectivity index (χ2v) is 6.68. The number of carbonyl (C=O) groups is 2. The zero-order chi connectivity index (χ0) is 13.9. The van der Waals surface area contributed by atoms with Crippen molar-refractivity contribution in [3.05, 3.63) is 0 Å². The van der Waals surface area contributed by atoms with E-state index in [1.54, 1.807) is 0 Å². The summed E-state index contributed by atoms with van der Waals surface area (Å²) in [4.78, 5) is 26.2. The summed E-state index contributed by atoms with van der Waals surface area (Å²) in [6.45, 7) is 11.6. The number of hydrogen-bond donors (Lipinski definition) is 0. The maximum Gasteiger partial charge on any atom is 0.225 e. The minimum absolute atomic E-state index is 0.0469. The van der Waals surface area contributed by atoms with E-state index in [2.05, 4.69) is 0 Å². The molecule has 1 heterocycles. The van der Waals surface area contributed by atoms with Gasteiger partial charge in [0.2, 0.25) is 5.91 Å². The molecule has 1 fully saturated rings. The lowest BCUT2D eigenvalue weighted by Gasteiger charge is -2.26. The van der Waals surface area contributed by atoms with Gasteiger partial charge in [-0.15, -0.1) is 0 Å². The third-order valence-corrected chi connectivity index (χ3v) is 4.00. The molecule has 18 heavy (non-hydrogen) atoms. The Bertz CT molecular complexity index is 311. The van der Waals surface area contributed by atoms with Gasteiger partial charge in [-0.05, 0) is 18.8 Å². The van der Waals surface area contributed by atoms with Gasteiger partial charge in [-0.2, -0.15) is 0 Å². The maximum atomic E-state index is 12.2. The molecule has 0 aromatic rings. The summed E-state index contributed by atoms with van der Waals surface area (Å²) in [6, 6.07) is 0. The molecule has 0 aromatic heterocycles. The number of rotatable bonds is 4. The van der Waals surface area contributed by atoms with Crippen LogP contribution >= 0.6 is 0 Å². The first-order valence-electron chi connectivity index (χ1n) is 7.05. The monoisotopic (exact) mass is 253 g/mol. The Balaban J connectivity index is 2.52. The van der Waals surface area contributed by atoms with Crippen LogP contribution in [-0.2, 0) is 9.59 Å². The van der Waals surface area contributed by atoms with Crippen molar-refractivity contribution in [2.24, 2.45) is 17.3 Å². The van der Waals surface area contributed by atoms with E-state index < -0.39 is 0 Å². The first-order chi connectivity index (χ1) is 8.23. The highest BCUT2D eigenvalue weighted by Gasteiger charge is 2.30. The van der Waals surface area contributed by atoms with Gasteiger partial charge in [-0.1, -0.05) is 34.6 Å². The van der Waals surface area contributed by atoms with Crippen molar-refractivity contribution in [1.82, 2.24) is 4.90 Å². The van der Waals surface area contributed by atoms with Crippen LogP contribution in [0.15, 0.2) is 0 Å². The van der Waals surface area contributed by atoms with Gasteiger partial charge in [-0.3, -0.25) is 9.59 Å². The molecule has 1 aliphatic rings. The summed E-state index contributed by atoms with van der Waals surface area (Å²) < 4.78 is 0. The summed E-state index contributed by atoms with van der Waals surface area (Å²) >= 11 is 0. The molecule has 3 heteroatoms. The van der Waals surface area contributed by atoms with Crippen LogP contribution in [0.2, 0.25) is 0 Å². The summed E-state index contributed by atoms with van der Waals surface area (Å²) in [7, 11) is 0. The highest BCUT2D eigenvalue weighted by molar-refractivity contribution is 5.85. The van der Waals surface area contributed by atoms with Gasteiger partial charge < -0.3 is 4.90 Å². The predicted molar refractivity (Wildman–Crippen MR) is 73.2 cm³/mol. The topological polar surface area (TPSA) is 37.4 Å². The number of amides is 1. The molecule has 0 radical (unpaired) electrons. The van der Waals surface area contributed by atoms with Gasteiger partial charge in [0.1, 0.15) is 5.78 Å². The van der Waals surface area contributed by atoms with Crippen molar-refractivity contribution in [3.63, 3.8) is 0 Å². The second-order valence-electron chi connectivity index (χ2n) is 6.68. The summed E-state index contributed by atoms with van der Waals surface area (Å²) in [6.07, 6.45) is 2.74. The molecular weight excluding hydrogens is 226 g/mol. The molecule has 1 aliphatic heterocycles.